The van der Waals surface area contributed by atoms with E-state index in [2.05, 4.69) is 0 Å². The average Bonchev–Trinajstić information content (AvgIpc) is 2.14. The topological polar surface area (TPSA) is 40.5 Å². The number of likely N-dealkylation sites (tertiary alicyclic amines) is 1. The second-order valence-corrected chi connectivity index (χ2v) is 3.41. The number of amides is 1. The molecule has 0 saturated carbocycles. The van der Waals surface area contributed by atoms with Crippen LogP contribution in [0, 0.1) is 0 Å². The number of benzene rings is 1. The Labute approximate surface area is 76.6 Å². The van der Waals surface area contributed by atoms with Crippen LogP contribution in [0.2, 0.25) is 0 Å². The first-order valence-electron chi connectivity index (χ1n) is 4.22. The Morgan fingerprint density at radius 2 is 1.92 bits per heavy atom. The molecule has 1 aliphatic rings. The zero-order chi connectivity index (χ0) is 9.31. The predicted octanol–water partition coefficient (Wildman–Crippen LogP) is 0.346. The normalized spacial score (nSPS) is 19.3. The van der Waals surface area contributed by atoms with Gasteiger partial charge < -0.3 is 10.0 Å². The molecule has 2 rings (SSSR count). The summed E-state index contributed by atoms with van der Waals surface area (Å²) in [5.41, 5.74) is 0.0652. The van der Waals surface area contributed by atoms with Gasteiger partial charge in [0, 0.05) is 0 Å². The molecule has 1 amide bonds. The number of β-amino-alcohol motifs (C(OH)–C–C–N with tert-alkyl or cyclic N) is 1. The lowest BCUT2D eigenvalue weighted by Crippen LogP contribution is -2.58. The maximum Gasteiger partial charge on any atom is 0.209 e. The molecule has 1 N–H and O–H groups in total. The molecular weight excluding hydrogens is 166 g/mol. The van der Waals surface area contributed by atoms with Gasteiger partial charge in [0.1, 0.15) is 5.60 Å². The smallest absolute Gasteiger partial charge is 0.209 e. The van der Waals surface area contributed by atoms with E-state index in [1.54, 1.807) is 4.90 Å². The first-order chi connectivity index (χ1) is 6.24. The minimum Gasteiger partial charge on any atom is -0.381 e. The lowest BCUT2D eigenvalue weighted by atomic mass is 9.87. The molecule has 3 nitrogen and oxygen atoms in total. The lowest BCUT2D eigenvalue weighted by Gasteiger charge is -2.44. The highest BCUT2D eigenvalue weighted by Gasteiger charge is 2.41. The van der Waals surface area contributed by atoms with Crippen molar-refractivity contribution in [1.29, 1.82) is 0 Å². The Balaban J connectivity index is 2.15. The summed E-state index contributed by atoms with van der Waals surface area (Å²) in [5.74, 6) is 0. The molecule has 0 aromatic heterocycles. The number of carbonyl (C=O) groups is 1. The third kappa shape index (κ3) is 1.31. The molecule has 68 valence electrons. The van der Waals surface area contributed by atoms with Gasteiger partial charge in [0.2, 0.25) is 6.41 Å². The molecule has 1 saturated heterocycles. The number of nitrogens with zero attached hydrogens (tertiary/aromatic N) is 1. The fraction of sp³-hybridized carbons (Fsp3) is 0.300. The van der Waals surface area contributed by atoms with Crippen LogP contribution < -0.4 is 0 Å². The maximum absolute atomic E-state index is 10.3. The Kier molecular flexibility index (Phi) is 1.81. The quantitative estimate of drug-likeness (QED) is 0.662. The summed E-state index contributed by atoms with van der Waals surface area (Å²) in [5, 5.41) is 9.98. The molecule has 1 aromatic carbocycles. The molecule has 0 unspecified atom stereocenters. The van der Waals surface area contributed by atoms with Crippen molar-refractivity contribution in [2.75, 3.05) is 13.1 Å². The van der Waals surface area contributed by atoms with Crippen molar-refractivity contribution in [3.8, 4) is 0 Å². The van der Waals surface area contributed by atoms with Crippen molar-refractivity contribution in [2.24, 2.45) is 0 Å². The largest absolute Gasteiger partial charge is 0.381 e. The van der Waals surface area contributed by atoms with Crippen molar-refractivity contribution >= 4 is 6.41 Å². The van der Waals surface area contributed by atoms with E-state index in [0.717, 1.165) is 12.0 Å². The standard InChI is InChI=1S/C10H11NO2/c12-8-11-6-10(13,7-11)9-4-2-1-3-5-9/h1-5,8,13H,6-7H2. The number of aliphatic hydroxyl groups is 1. The Morgan fingerprint density at radius 3 is 2.46 bits per heavy atom. The summed E-state index contributed by atoms with van der Waals surface area (Å²) < 4.78 is 0. The fourth-order valence-electron chi connectivity index (χ4n) is 1.63. The summed E-state index contributed by atoms with van der Waals surface area (Å²) in [6.07, 6.45) is 0.761. The van der Waals surface area contributed by atoms with Crippen LogP contribution in [0.1, 0.15) is 5.56 Å². The van der Waals surface area contributed by atoms with Gasteiger partial charge in [0.25, 0.3) is 0 Å². The molecule has 0 atom stereocenters. The van der Waals surface area contributed by atoms with Crippen molar-refractivity contribution in [3.63, 3.8) is 0 Å². The molecule has 1 aliphatic heterocycles. The number of hydrogen-bond donors (Lipinski definition) is 1. The highest BCUT2D eigenvalue weighted by molar-refractivity contribution is 5.50. The van der Waals surface area contributed by atoms with E-state index < -0.39 is 5.60 Å². The Hall–Kier alpha value is -1.35. The van der Waals surface area contributed by atoms with Crippen LogP contribution in [-0.2, 0) is 10.4 Å². The van der Waals surface area contributed by atoms with Crippen LogP contribution in [0.4, 0.5) is 0 Å². The van der Waals surface area contributed by atoms with Crippen LogP contribution in [0.25, 0.3) is 0 Å². The van der Waals surface area contributed by atoms with Gasteiger partial charge in [0.15, 0.2) is 0 Å². The molecule has 0 spiro atoms. The predicted molar refractivity (Wildman–Crippen MR) is 48.0 cm³/mol. The molecule has 13 heavy (non-hydrogen) atoms. The molecule has 1 fully saturated rings. The molecule has 3 heteroatoms. The summed E-state index contributed by atoms with van der Waals surface area (Å²) in [6, 6.07) is 9.43. The summed E-state index contributed by atoms with van der Waals surface area (Å²) in [6.45, 7) is 0.807. The fourth-order valence-corrected chi connectivity index (χ4v) is 1.63. The number of hydrogen-bond acceptors (Lipinski definition) is 2. The van der Waals surface area contributed by atoms with Crippen LogP contribution in [-0.4, -0.2) is 29.5 Å². The van der Waals surface area contributed by atoms with Crippen LogP contribution in [0.3, 0.4) is 0 Å². The van der Waals surface area contributed by atoms with Crippen LogP contribution >= 0.6 is 0 Å². The molecule has 0 bridgehead atoms. The Bertz CT molecular complexity index is 304. The van der Waals surface area contributed by atoms with Crippen LogP contribution in [0.5, 0.6) is 0 Å². The molecule has 0 aliphatic carbocycles. The summed E-state index contributed by atoms with van der Waals surface area (Å²) in [4.78, 5) is 11.9. The van der Waals surface area contributed by atoms with E-state index in [0.29, 0.717) is 13.1 Å². The molecule has 1 aromatic rings. The third-order valence-electron chi connectivity index (χ3n) is 2.39. The van der Waals surface area contributed by atoms with E-state index >= 15 is 0 Å². The summed E-state index contributed by atoms with van der Waals surface area (Å²) >= 11 is 0. The maximum atomic E-state index is 10.3. The van der Waals surface area contributed by atoms with Gasteiger partial charge >= 0.3 is 0 Å². The monoisotopic (exact) mass is 177 g/mol. The van der Waals surface area contributed by atoms with Gasteiger partial charge in [-0.05, 0) is 5.56 Å². The second kappa shape index (κ2) is 2.85. The number of rotatable bonds is 2. The van der Waals surface area contributed by atoms with Crippen molar-refractivity contribution in [1.82, 2.24) is 4.90 Å². The van der Waals surface area contributed by atoms with Gasteiger partial charge in [-0.15, -0.1) is 0 Å². The summed E-state index contributed by atoms with van der Waals surface area (Å²) in [7, 11) is 0. The highest BCUT2D eigenvalue weighted by Crippen LogP contribution is 2.30. The zero-order valence-corrected chi connectivity index (χ0v) is 7.18. The van der Waals surface area contributed by atoms with E-state index in [4.69, 9.17) is 0 Å². The first kappa shape index (κ1) is 8.26. The van der Waals surface area contributed by atoms with Crippen molar-refractivity contribution in [3.05, 3.63) is 35.9 Å². The van der Waals surface area contributed by atoms with E-state index in [9.17, 15) is 9.90 Å². The minimum atomic E-state index is -0.817. The van der Waals surface area contributed by atoms with E-state index in [-0.39, 0.29) is 0 Å². The number of carbonyl (C=O) groups excluding carboxylic acids is 1. The molecular formula is C10H11NO2. The van der Waals surface area contributed by atoms with Gasteiger partial charge in [0.05, 0.1) is 13.1 Å². The molecule has 0 radical (unpaired) electrons. The first-order valence-corrected chi connectivity index (χ1v) is 4.22. The Morgan fingerprint density at radius 1 is 1.31 bits per heavy atom. The van der Waals surface area contributed by atoms with Gasteiger partial charge in [-0.2, -0.15) is 0 Å². The molecule has 1 heterocycles. The average molecular weight is 177 g/mol. The van der Waals surface area contributed by atoms with Gasteiger partial charge in [-0.1, -0.05) is 30.3 Å². The van der Waals surface area contributed by atoms with Crippen molar-refractivity contribution < 1.29 is 9.90 Å². The van der Waals surface area contributed by atoms with E-state index in [1.807, 2.05) is 30.3 Å². The SMILES string of the molecule is O=CN1CC(O)(c2ccccc2)C1. The highest BCUT2D eigenvalue weighted by atomic mass is 16.3. The van der Waals surface area contributed by atoms with Crippen molar-refractivity contribution in [2.45, 2.75) is 5.60 Å². The zero-order valence-electron chi connectivity index (χ0n) is 7.18. The minimum absolute atomic E-state index is 0.403. The van der Waals surface area contributed by atoms with E-state index in [1.165, 1.54) is 0 Å². The lowest BCUT2D eigenvalue weighted by molar-refractivity contribution is -0.143. The second-order valence-electron chi connectivity index (χ2n) is 3.41. The third-order valence-corrected chi connectivity index (χ3v) is 2.39. The van der Waals surface area contributed by atoms with Crippen LogP contribution in [0.15, 0.2) is 30.3 Å². The van der Waals surface area contributed by atoms with Gasteiger partial charge in [-0.3, -0.25) is 4.79 Å². The van der Waals surface area contributed by atoms with Gasteiger partial charge in [-0.25, -0.2) is 0 Å².